The Morgan fingerprint density at radius 3 is 2.56 bits per heavy atom. The molecule has 0 spiro atoms. The third kappa shape index (κ3) is 3.63. The Kier molecular flexibility index (Phi) is 4.14. The van der Waals surface area contributed by atoms with Crippen molar-refractivity contribution in [3.05, 3.63) is 27.3 Å². The van der Waals surface area contributed by atoms with E-state index in [9.17, 15) is 13.2 Å². The number of carbonyl (C=O) groups is 1. The normalized spacial score (nSPS) is 10.9. The third-order valence-electron chi connectivity index (χ3n) is 1.69. The molecular formula is C9H10INO4S. The number of hydrogen-bond donors (Lipinski definition) is 1. The van der Waals surface area contributed by atoms with E-state index in [1.54, 1.807) is 12.1 Å². The predicted molar refractivity (Wildman–Crippen MR) is 68.0 cm³/mol. The molecule has 7 heteroatoms. The number of nitrogens with one attached hydrogen (secondary N) is 1. The van der Waals surface area contributed by atoms with Crippen LogP contribution in [-0.4, -0.2) is 27.7 Å². The van der Waals surface area contributed by atoms with Crippen molar-refractivity contribution in [1.82, 2.24) is 4.72 Å². The topological polar surface area (TPSA) is 72.5 Å². The maximum absolute atomic E-state index is 11.6. The molecule has 0 saturated heterocycles. The first-order valence-corrected chi connectivity index (χ1v) is 7.16. The first kappa shape index (κ1) is 13.2. The van der Waals surface area contributed by atoms with Crippen molar-refractivity contribution < 1.29 is 17.9 Å². The van der Waals surface area contributed by atoms with Gasteiger partial charge in [-0.25, -0.2) is 13.1 Å². The molecule has 0 aliphatic carbocycles. The molecule has 1 aromatic carbocycles. The monoisotopic (exact) mass is 355 g/mol. The lowest BCUT2D eigenvalue weighted by atomic mass is 10.2. The second-order valence-electron chi connectivity index (χ2n) is 3.05. The summed E-state index contributed by atoms with van der Waals surface area (Å²) in [5.41, 5.74) is 0.188. The zero-order chi connectivity index (χ0) is 12.3. The third-order valence-corrected chi connectivity index (χ3v) is 2.91. The van der Waals surface area contributed by atoms with Crippen molar-refractivity contribution in [1.29, 1.82) is 0 Å². The summed E-state index contributed by atoms with van der Waals surface area (Å²) in [6.07, 6.45) is 0.921. The number of halogens is 1. The summed E-state index contributed by atoms with van der Waals surface area (Å²) in [5, 5.41) is 0. The van der Waals surface area contributed by atoms with Crippen molar-refractivity contribution in [2.45, 2.75) is 0 Å². The molecule has 5 nitrogen and oxygen atoms in total. The van der Waals surface area contributed by atoms with Gasteiger partial charge < -0.3 is 4.74 Å². The Balaban J connectivity index is 3.09. The summed E-state index contributed by atoms with van der Waals surface area (Å²) in [4.78, 5) is 11.6. The van der Waals surface area contributed by atoms with Crippen molar-refractivity contribution in [3.8, 4) is 5.75 Å². The average Bonchev–Trinajstić information content (AvgIpc) is 2.14. The van der Waals surface area contributed by atoms with Crippen molar-refractivity contribution >= 4 is 38.5 Å². The molecule has 0 aromatic heterocycles. The number of amides is 1. The molecule has 0 unspecified atom stereocenters. The van der Waals surface area contributed by atoms with Crippen LogP contribution < -0.4 is 9.46 Å². The molecule has 0 fully saturated rings. The van der Waals surface area contributed by atoms with Gasteiger partial charge in [-0.2, -0.15) is 0 Å². The molecule has 0 saturated carbocycles. The van der Waals surface area contributed by atoms with Crippen LogP contribution in [0.3, 0.4) is 0 Å². The molecule has 0 aliphatic rings. The summed E-state index contributed by atoms with van der Waals surface area (Å²) in [5.74, 6) is -0.358. The minimum absolute atomic E-state index is 0.188. The van der Waals surface area contributed by atoms with E-state index in [2.05, 4.69) is 22.6 Å². The van der Waals surface area contributed by atoms with Crippen LogP contribution in [0.4, 0.5) is 0 Å². The molecule has 1 aromatic rings. The quantitative estimate of drug-likeness (QED) is 0.821. The molecule has 0 heterocycles. The van der Waals surface area contributed by atoms with Crippen molar-refractivity contribution in [2.24, 2.45) is 0 Å². The number of rotatable bonds is 3. The van der Waals surface area contributed by atoms with E-state index in [-0.39, 0.29) is 5.56 Å². The van der Waals surface area contributed by atoms with Gasteiger partial charge in [-0.05, 0) is 40.8 Å². The molecule has 0 bridgehead atoms. The first-order chi connectivity index (χ1) is 7.33. The highest BCUT2D eigenvalue weighted by atomic mass is 127. The Bertz CT molecular complexity index is 512. The van der Waals surface area contributed by atoms with E-state index in [0.29, 0.717) is 5.75 Å². The number of hydrogen-bond acceptors (Lipinski definition) is 4. The highest BCUT2D eigenvalue weighted by Crippen LogP contribution is 2.21. The Hall–Kier alpha value is -0.830. The molecule has 1 rings (SSSR count). The molecule has 1 N–H and O–H groups in total. The summed E-state index contributed by atoms with van der Waals surface area (Å²) in [6, 6.07) is 4.86. The fraction of sp³-hybridized carbons (Fsp3) is 0.222. The smallest absolute Gasteiger partial charge is 0.268 e. The van der Waals surface area contributed by atoms with E-state index in [0.717, 1.165) is 9.83 Å². The molecule has 0 atom stereocenters. The fourth-order valence-electron chi connectivity index (χ4n) is 1.08. The van der Waals surface area contributed by atoms with E-state index in [1.807, 2.05) is 4.72 Å². The van der Waals surface area contributed by atoms with Crippen LogP contribution in [0.2, 0.25) is 0 Å². The number of methoxy groups -OCH3 is 1. The maximum atomic E-state index is 11.6. The second kappa shape index (κ2) is 5.00. The van der Waals surface area contributed by atoms with Crippen LogP contribution in [-0.2, 0) is 10.0 Å². The maximum Gasteiger partial charge on any atom is 0.268 e. The Labute approximate surface area is 107 Å². The van der Waals surface area contributed by atoms with Gasteiger partial charge in [0.25, 0.3) is 5.91 Å². The van der Waals surface area contributed by atoms with Gasteiger partial charge >= 0.3 is 0 Å². The molecule has 0 aliphatic heterocycles. The summed E-state index contributed by atoms with van der Waals surface area (Å²) < 4.78 is 29.6. The van der Waals surface area contributed by atoms with Gasteiger partial charge in [0, 0.05) is 3.57 Å². The average molecular weight is 355 g/mol. The van der Waals surface area contributed by atoms with Gasteiger partial charge in [0.05, 0.1) is 18.9 Å². The van der Waals surface area contributed by atoms with Crippen LogP contribution in [0.25, 0.3) is 0 Å². The summed E-state index contributed by atoms with van der Waals surface area (Å²) in [6.45, 7) is 0. The van der Waals surface area contributed by atoms with Crippen molar-refractivity contribution in [3.63, 3.8) is 0 Å². The van der Waals surface area contributed by atoms with Crippen LogP contribution >= 0.6 is 22.6 Å². The molecule has 16 heavy (non-hydrogen) atoms. The lowest BCUT2D eigenvalue weighted by Crippen LogP contribution is -2.29. The zero-order valence-electron chi connectivity index (χ0n) is 8.65. The first-order valence-electron chi connectivity index (χ1n) is 4.19. The van der Waals surface area contributed by atoms with E-state index < -0.39 is 15.9 Å². The van der Waals surface area contributed by atoms with Crippen LogP contribution in [0.15, 0.2) is 18.2 Å². The highest BCUT2D eigenvalue weighted by Gasteiger charge is 2.15. The Morgan fingerprint density at radius 2 is 2.06 bits per heavy atom. The van der Waals surface area contributed by atoms with E-state index >= 15 is 0 Å². The molecule has 88 valence electrons. The molecular weight excluding hydrogens is 345 g/mol. The zero-order valence-corrected chi connectivity index (χ0v) is 11.6. The van der Waals surface area contributed by atoms with Gasteiger partial charge in [0.2, 0.25) is 10.0 Å². The van der Waals surface area contributed by atoms with Crippen LogP contribution in [0, 0.1) is 3.57 Å². The minimum atomic E-state index is -3.56. The van der Waals surface area contributed by atoms with E-state index in [4.69, 9.17) is 4.74 Å². The van der Waals surface area contributed by atoms with Crippen molar-refractivity contribution in [2.75, 3.05) is 13.4 Å². The summed E-state index contributed by atoms with van der Waals surface area (Å²) in [7, 11) is -2.14. The number of benzene rings is 1. The number of sulfonamides is 1. The van der Waals surface area contributed by atoms with Gasteiger partial charge in [0.15, 0.2) is 0 Å². The lowest BCUT2D eigenvalue weighted by molar-refractivity contribution is 0.0978. The van der Waals surface area contributed by atoms with Gasteiger partial charge in [-0.1, -0.05) is 0 Å². The highest BCUT2D eigenvalue weighted by molar-refractivity contribution is 14.1. The summed E-state index contributed by atoms with van der Waals surface area (Å²) >= 11 is 2.07. The van der Waals surface area contributed by atoms with Gasteiger partial charge in [-0.3, -0.25) is 4.79 Å². The number of ether oxygens (including phenoxy) is 1. The second-order valence-corrected chi connectivity index (χ2v) is 6.04. The van der Waals surface area contributed by atoms with Crippen LogP contribution in [0.1, 0.15) is 10.4 Å². The van der Waals surface area contributed by atoms with Crippen LogP contribution in [0.5, 0.6) is 5.75 Å². The number of carbonyl (C=O) groups excluding carboxylic acids is 1. The Morgan fingerprint density at radius 1 is 1.44 bits per heavy atom. The predicted octanol–water partition coefficient (Wildman–Crippen LogP) is 0.989. The standard InChI is InChI=1S/C9H10INO4S/c1-15-8-5-6(10)3-4-7(8)9(12)11-16(2,13)14/h3-5H,1-2H3,(H,11,12). The molecule has 0 radical (unpaired) electrons. The largest absolute Gasteiger partial charge is 0.496 e. The molecule has 1 amide bonds. The fourth-order valence-corrected chi connectivity index (χ4v) is 1.99. The SMILES string of the molecule is COc1cc(I)ccc1C(=O)NS(C)(=O)=O. The minimum Gasteiger partial charge on any atom is -0.496 e. The van der Waals surface area contributed by atoms with E-state index in [1.165, 1.54) is 13.2 Å². The van der Waals surface area contributed by atoms with Gasteiger partial charge in [-0.15, -0.1) is 0 Å². The van der Waals surface area contributed by atoms with Gasteiger partial charge in [0.1, 0.15) is 5.75 Å². The lowest BCUT2D eigenvalue weighted by Gasteiger charge is -2.08.